The summed E-state index contributed by atoms with van der Waals surface area (Å²) >= 11 is 0. The molecule has 0 aliphatic heterocycles. The lowest BCUT2D eigenvalue weighted by Gasteiger charge is -2.39. The summed E-state index contributed by atoms with van der Waals surface area (Å²) < 4.78 is 0. The van der Waals surface area contributed by atoms with E-state index in [9.17, 15) is 5.11 Å². The van der Waals surface area contributed by atoms with Gasteiger partial charge in [-0.05, 0) is 44.7 Å². The monoisotopic (exact) mass is 213 g/mol. The van der Waals surface area contributed by atoms with E-state index in [4.69, 9.17) is 0 Å². The Balaban J connectivity index is 2.40. The maximum atomic E-state index is 10.5. The van der Waals surface area contributed by atoms with E-state index in [-0.39, 0.29) is 0 Å². The van der Waals surface area contributed by atoms with Crippen molar-refractivity contribution >= 4 is 0 Å². The van der Waals surface area contributed by atoms with Crippen molar-refractivity contribution in [2.75, 3.05) is 19.6 Å². The number of hydrogen-bond acceptors (Lipinski definition) is 2. The van der Waals surface area contributed by atoms with Crippen LogP contribution in [0.5, 0.6) is 0 Å². The minimum atomic E-state index is -0.391. The molecule has 0 amide bonds. The van der Waals surface area contributed by atoms with Crippen molar-refractivity contribution in [3.05, 3.63) is 0 Å². The van der Waals surface area contributed by atoms with Gasteiger partial charge in [-0.15, -0.1) is 0 Å². The summed E-state index contributed by atoms with van der Waals surface area (Å²) in [7, 11) is 0. The molecule has 1 fully saturated rings. The lowest BCUT2D eigenvalue weighted by Crippen LogP contribution is -2.45. The maximum Gasteiger partial charge on any atom is 0.0774 e. The van der Waals surface area contributed by atoms with Crippen molar-refractivity contribution in [1.29, 1.82) is 0 Å². The van der Waals surface area contributed by atoms with E-state index < -0.39 is 5.60 Å². The Morgan fingerprint density at radius 1 is 1.13 bits per heavy atom. The van der Waals surface area contributed by atoms with Gasteiger partial charge in [-0.25, -0.2) is 0 Å². The summed E-state index contributed by atoms with van der Waals surface area (Å²) in [5, 5.41) is 10.5. The predicted molar refractivity (Wildman–Crippen MR) is 65.0 cm³/mol. The highest BCUT2D eigenvalue weighted by atomic mass is 16.3. The summed E-state index contributed by atoms with van der Waals surface area (Å²) in [6.07, 6.45) is 5.72. The molecular weight excluding hydrogens is 186 g/mol. The zero-order valence-electron chi connectivity index (χ0n) is 10.6. The number of nitrogens with zero attached hydrogens (tertiary/aromatic N) is 1. The molecule has 0 aromatic heterocycles. The fraction of sp³-hybridized carbons (Fsp3) is 1.00. The van der Waals surface area contributed by atoms with Crippen LogP contribution in [0.2, 0.25) is 0 Å². The molecule has 1 saturated carbocycles. The average molecular weight is 213 g/mol. The molecule has 1 aliphatic carbocycles. The van der Waals surface area contributed by atoms with Crippen molar-refractivity contribution in [1.82, 2.24) is 4.90 Å². The fourth-order valence-corrected chi connectivity index (χ4v) is 2.64. The molecule has 0 spiro atoms. The molecule has 2 heteroatoms. The van der Waals surface area contributed by atoms with Crippen LogP contribution >= 0.6 is 0 Å². The van der Waals surface area contributed by atoms with Gasteiger partial charge in [0.05, 0.1) is 5.60 Å². The van der Waals surface area contributed by atoms with Gasteiger partial charge in [-0.2, -0.15) is 0 Å². The van der Waals surface area contributed by atoms with Crippen molar-refractivity contribution in [2.45, 2.75) is 58.5 Å². The molecule has 1 rings (SSSR count). The van der Waals surface area contributed by atoms with Gasteiger partial charge in [0.15, 0.2) is 0 Å². The molecular formula is C13H27NO. The van der Waals surface area contributed by atoms with Gasteiger partial charge in [-0.1, -0.05) is 27.2 Å². The van der Waals surface area contributed by atoms with E-state index in [1.54, 1.807) is 0 Å². The van der Waals surface area contributed by atoms with Crippen LogP contribution in [0.1, 0.15) is 52.9 Å². The molecule has 0 aromatic rings. The van der Waals surface area contributed by atoms with E-state index in [0.717, 1.165) is 38.4 Å². The first-order valence-corrected chi connectivity index (χ1v) is 6.58. The van der Waals surface area contributed by atoms with Crippen LogP contribution in [0.3, 0.4) is 0 Å². The van der Waals surface area contributed by atoms with E-state index in [1.807, 2.05) is 0 Å². The Bertz CT molecular complexity index is 169. The molecule has 2 nitrogen and oxygen atoms in total. The first kappa shape index (κ1) is 13.0. The number of likely N-dealkylation sites (N-methyl/N-ethyl adjacent to an activating group) is 1. The van der Waals surface area contributed by atoms with Crippen molar-refractivity contribution in [3.8, 4) is 0 Å². The molecule has 1 N–H and O–H groups in total. The van der Waals surface area contributed by atoms with E-state index in [0.29, 0.717) is 0 Å². The molecule has 0 heterocycles. The minimum Gasteiger partial charge on any atom is -0.389 e. The largest absolute Gasteiger partial charge is 0.389 e. The second-order valence-electron chi connectivity index (χ2n) is 5.04. The molecule has 0 bridgehead atoms. The summed E-state index contributed by atoms with van der Waals surface area (Å²) in [5.41, 5.74) is -0.391. The quantitative estimate of drug-likeness (QED) is 0.759. The van der Waals surface area contributed by atoms with Gasteiger partial charge in [0.25, 0.3) is 0 Å². The first-order chi connectivity index (χ1) is 7.13. The van der Waals surface area contributed by atoms with Gasteiger partial charge in [0, 0.05) is 6.54 Å². The smallest absolute Gasteiger partial charge is 0.0774 e. The summed E-state index contributed by atoms with van der Waals surface area (Å²) in [4.78, 5) is 2.34. The van der Waals surface area contributed by atoms with E-state index in [1.165, 1.54) is 19.3 Å². The zero-order chi connectivity index (χ0) is 11.3. The normalized spacial score (nSPS) is 32.2. The highest BCUT2D eigenvalue weighted by Crippen LogP contribution is 2.34. The van der Waals surface area contributed by atoms with Crippen LogP contribution in [0, 0.1) is 5.92 Å². The van der Waals surface area contributed by atoms with Crippen LogP contribution in [0.4, 0.5) is 0 Å². The lowest BCUT2D eigenvalue weighted by atomic mass is 9.77. The third-order valence-electron chi connectivity index (χ3n) is 4.03. The van der Waals surface area contributed by atoms with Gasteiger partial charge >= 0.3 is 0 Å². The van der Waals surface area contributed by atoms with Crippen LogP contribution in [0.25, 0.3) is 0 Å². The second-order valence-corrected chi connectivity index (χ2v) is 5.04. The van der Waals surface area contributed by atoms with Gasteiger partial charge in [0.2, 0.25) is 0 Å². The zero-order valence-corrected chi connectivity index (χ0v) is 10.6. The molecule has 0 radical (unpaired) electrons. The topological polar surface area (TPSA) is 23.5 Å². The van der Waals surface area contributed by atoms with Gasteiger partial charge < -0.3 is 10.0 Å². The fourth-order valence-electron chi connectivity index (χ4n) is 2.64. The standard InChI is InChI=1S/C13H27NO/c1-4-12-7-9-13(15,10-8-12)11-14(5-2)6-3/h12,15H,4-11H2,1-3H3. The third-order valence-corrected chi connectivity index (χ3v) is 4.03. The summed E-state index contributed by atoms with van der Waals surface area (Å²) in [6.45, 7) is 9.58. The Morgan fingerprint density at radius 2 is 1.67 bits per heavy atom. The van der Waals surface area contributed by atoms with Crippen molar-refractivity contribution in [2.24, 2.45) is 5.92 Å². The second kappa shape index (κ2) is 5.86. The Labute approximate surface area is 94.7 Å². The predicted octanol–water partition coefficient (Wildman–Crippen LogP) is 2.66. The third kappa shape index (κ3) is 3.76. The Hall–Kier alpha value is -0.0800. The summed E-state index contributed by atoms with van der Waals surface area (Å²) in [5.74, 6) is 0.863. The van der Waals surface area contributed by atoms with Gasteiger partial charge in [-0.3, -0.25) is 0 Å². The number of rotatable bonds is 5. The Kier molecular flexibility index (Phi) is 5.07. The molecule has 0 unspecified atom stereocenters. The maximum absolute atomic E-state index is 10.5. The molecule has 15 heavy (non-hydrogen) atoms. The van der Waals surface area contributed by atoms with Crippen LogP contribution in [0.15, 0.2) is 0 Å². The average Bonchev–Trinajstić information content (AvgIpc) is 2.27. The van der Waals surface area contributed by atoms with Crippen LogP contribution in [-0.4, -0.2) is 35.2 Å². The lowest BCUT2D eigenvalue weighted by molar-refractivity contribution is -0.0351. The van der Waals surface area contributed by atoms with Crippen molar-refractivity contribution < 1.29 is 5.11 Å². The molecule has 0 atom stereocenters. The molecule has 1 aliphatic rings. The molecule has 0 aromatic carbocycles. The van der Waals surface area contributed by atoms with Crippen LogP contribution < -0.4 is 0 Å². The van der Waals surface area contributed by atoms with E-state index in [2.05, 4.69) is 25.7 Å². The van der Waals surface area contributed by atoms with Gasteiger partial charge in [0.1, 0.15) is 0 Å². The first-order valence-electron chi connectivity index (χ1n) is 6.58. The molecule has 0 saturated heterocycles. The van der Waals surface area contributed by atoms with Crippen LogP contribution in [-0.2, 0) is 0 Å². The van der Waals surface area contributed by atoms with E-state index >= 15 is 0 Å². The highest BCUT2D eigenvalue weighted by Gasteiger charge is 2.33. The number of aliphatic hydroxyl groups is 1. The van der Waals surface area contributed by atoms with Crippen molar-refractivity contribution in [3.63, 3.8) is 0 Å². The SMILES string of the molecule is CCC1CCC(O)(CN(CC)CC)CC1. The Morgan fingerprint density at radius 3 is 2.07 bits per heavy atom. The molecule has 90 valence electrons. The highest BCUT2D eigenvalue weighted by molar-refractivity contribution is 4.87. The minimum absolute atomic E-state index is 0.391. The number of hydrogen-bond donors (Lipinski definition) is 1. The summed E-state index contributed by atoms with van der Waals surface area (Å²) in [6, 6.07) is 0.